The molecule has 1 fully saturated rings. The van der Waals surface area contributed by atoms with Crippen molar-refractivity contribution >= 4 is 49.8 Å². The maximum atomic E-state index is 12.5. The smallest absolute Gasteiger partial charge is 0.406 e. The van der Waals surface area contributed by atoms with Gasteiger partial charge in [0, 0.05) is 12.6 Å². The normalized spacial score (nSPS) is 16.4. The number of nitrogens with zero attached hydrogens (tertiary/aromatic N) is 4. The standard InChI is InChI=1S/C20H18F3N5OS.CO2/c1-27-9-8-12(11-27)28-16-5-3-2-4-14(16)24-18(28)26-19-25-15-7-6-13(10-17(15)30-19)29-20(21,22)23;2-1-3/h2-7,10,12H,8-9,11H2,1H3,(H,24,25,26);. The average Bonchev–Trinajstić information content (AvgIpc) is 3.43. The molecule has 5 rings (SSSR count). The Morgan fingerprint density at radius 2 is 1.91 bits per heavy atom. The fraction of sp³-hybridized carbons (Fsp3) is 0.286. The second-order valence-corrected chi connectivity index (χ2v) is 8.43. The summed E-state index contributed by atoms with van der Waals surface area (Å²) in [4.78, 5) is 27.8. The van der Waals surface area contributed by atoms with Gasteiger partial charge in [-0.2, -0.15) is 9.59 Å². The molecule has 0 spiro atoms. The number of rotatable bonds is 4. The number of carbonyl (C=O) groups excluding carboxylic acids is 2. The summed E-state index contributed by atoms with van der Waals surface area (Å²) in [6.45, 7) is 1.94. The highest BCUT2D eigenvalue weighted by molar-refractivity contribution is 7.22. The third kappa shape index (κ3) is 5.14. The predicted molar refractivity (Wildman–Crippen MR) is 115 cm³/mol. The molecule has 1 unspecified atom stereocenters. The van der Waals surface area contributed by atoms with Crippen molar-refractivity contribution in [3.63, 3.8) is 0 Å². The van der Waals surface area contributed by atoms with Crippen LogP contribution in [0.3, 0.4) is 0 Å². The van der Waals surface area contributed by atoms with Crippen LogP contribution in [0, 0.1) is 0 Å². The van der Waals surface area contributed by atoms with Crippen molar-refractivity contribution in [2.75, 3.05) is 25.5 Å². The Balaban J connectivity index is 0.000000821. The first kappa shape index (κ1) is 22.7. The predicted octanol–water partition coefficient (Wildman–Crippen LogP) is 4.58. The number of thiazole rings is 1. The van der Waals surface area contributed by atoms with Gasteiger partial charge in [-0.3, -0.25) is 0 Å². The van der Waals surface area contributed by atoms with E-state index in [9.17, 15) is 13.2 Å². The number of imidazole rings is 1. The third-order valence-corrected chi connectivity index (χ3v) is 6.07. The summed E-state index contributed by atoms with van der Waals surface area (Å²) in [5.74, 6) is 0.425. The van der Waals surface area contributed by atoms with Gasteiger partial charge in [-0.15, -0.1) is 13.2 Å². The fourth-order valence-corrected chi connectivity index (χ4v) is 4.76. The number of aromatic nitrogens is 3. The molecule has 0 saturated carbocycles. The monoisotopic (exact) mass is 477 g/mol. The van der Waals surface area contributed by atoms with E-state index in [0.29, 0.717) is 21.3 Å². The molecule has 3 heterocycles. The van der Waals surface area contributed by atoms with Crippen LogP contribution in [0.1, 0.15) is 12.5 Å². The number of anilines is 2. The lowest BCUT2D eigenvalue weighted by Gasteiger charge is -2.16. The number of ether oxygens (including phenoxy) is 1. The minimum atomic E-state index is -4.72. The molecule has 172 valence electrons. The van der Waals surface area contributed by atoms with E-state index in [1.165, 1.54) is 29.5 Å². The highest BCUT2D eigenvalue weighted by Gasteiger charge is 2.31. The molecule has 1 atom stereocenters. The molecule has 4 aromatic rings. The number of likely N-dealkylation sites (tertiary alicyclic amines) is 1. The Morgan fingerprint density at radius 1 is 1.15 bits per heavy atom. The molecule has 0 aliphatic carbocycles. The van der Waals surface area contributed by atoms with Gasteiger partial charge in [0.25, 0.3) is 0 Å². The number of hydrogen-bond donors (Lipinski definition) is 1. The lowest BCUT2D eigenvalue weighted by atomic mass is 10.2. The molecule has 12 heteroatoms. The molecular formula is C21H18F3N5O3S. The first-order valence-electron chi connectivity index (χ1n) is 9.85. The Bertz CT molecular complexity index is 1310. The van der Waals surface area contributed by atoms with E-state index in [1.54, 1.807) is 0 Å². The SMILES string of the molecule is CN1CCC(n2c(Nc3nc4ccc(OC(F)(F)F)cc4s3)nc3ccccc32)C1.O=C=O. The van der Waals surface area contributed by atoms with Crippen LogP contribution in [-0.2, 0) is 9.59 Å². The van der Waals surface area contributed by atoms with Crippen molar-refractivity contribution < 1.29 is 27.5 Å². The molecule has 1 aliphatic heterocycles. The van der Waals surface area contributed by atoms with E-state index >= 15 is 0 Å². The van der Waals surface area contributed by atoms with E-state index in [0.717, 1.165) is 30.5 Å². The Labute approximate surface area is 189 Å². The number of benzene rings is 2. The average molecular weight is 477 g/mol. The zero-order chi connectivity index (χ0) is 23.6. The summed E-state index contributed by atoms with van der Waals surface area (Å²) in [5, 5.41) is 3.86. The molecule has 1 saturated heterocycles. The van der Waals surface area contributed by atoms with Crippen LogP contribution in [0.25, 0.3) is 21.3 Å². The molecule has 2 aromatic heterocycles. The summed E-state index contributed by atoms with van der Waals surface area (Å²) in [7, 11) is 2.10. The highest BCUT2D eigenvalue weighted by atomic mass is 32.1. The first-order chi connectivity index (χ1) is 15.8. The molecule has 1 N–H and O–H groups in total. The lowest BCUT2D eigenvalue weighted by molar-refractivity contribution is -0.274. The molecule has 2 aromatic carbocycles. The van der Waals surface area contributed by atoms with E-state index in [2.05, 4.69) is 31.6 Å². The summed E-state index contributed by atoms with van der Waals surface area (Å²) < 4.78 is 44.3. The van der Waals surface area contributed by atoms with Crippen LogP contribution in [0.4, 0.5) is 24.3 Å². The maximum Gasteiger partial charge on any atom is 0.573 e. The van der Waals surface area contributed by atoms with Crippen molar-refractivity contribution in [3.8, 4) is 5.75 Å². The molecule has 0 amide bonds. The van der Waals surface area contributed by atoms with Crippen LogP contribution in [0.15, 0.2) is 42.5 Å². The minimum absolute atomic E-state index is 0.250. The number of likely N-dealkylation sites (N-methyl/N-ethyl adjacent to an activating group) is 1. The minimum Gasteiger partial charge on any atom is -0.406 e. The van der Waals surface area contributed by atoms with Crippen LogP contribution in [-0.4, -0.2) is 52.1 Å². The summed E-state index contributed by atoms with van der Waals surface area (Å²) in [6, 6.07) is 12.4. The van der Waals surface area contributed by atoms with Gasteiger partial charge in [0.05, 0.1) is 27.3 Å². The summed E-state index contributed by atoms with van der Waals surface area (Å²) in [5.41, 5.74) is 2.53. The van der Waals surface area contributed by atoms with Gasteiger partial charge in [0.1, 0.15) is 5.75 Å². The molecule has 1 aliphatic rings. The Hall–Kier alpha value is -3.47. The van der Waals surface area contributed by atoms with Crippen molar-refractivity contribution in [1.82, 2.24) is 19.4 Å². The zero-order valence-electron chi connectivity index (χ0n) is 17.3. The largest absolute Gasteiger partial charge is 0.573 e. The Morgan fingerprint density at radius 3 is 2.61 bits per heavy atom. The fourth-order valence-electron chi connectivity index (χ4n) is 3.88. The number of halogens is 3. The third-order valence-electron chi connectivity index (χ3n) is 5.14. The molecular weight excluding hydrogens is 459 g/mol. The van der Waals surface area contributed by atoms with Crippen LogP contribution < -0.4 is 10.1 Å². The Kier molecular flexibility index (Phi) is 6.32. The topological polar surface area (TPSA) is 89.3 Å². The van der Waals surface area contributed by atoms with E-state index < -0.39 is 6.36 Å². The van der Waals surface area contributed by atoms with Crippen molar-refractivity contribution in [3.05, 3.63) is 42.5 Å². The van der Waals surface area contributed by atoms with Crippen molar-refractivity contribution in [2.45, 2.75) is 18.8 Å². The number of nitrogens with one attached hydrogen (secondary N) is 1. The van der Waals surface area contributed by atoms with Gasteiger partial charge in [-0.1, -0.05) is 23.5 Å². The van der Waals surface area contributed by atoms with Gasteiger partial charge in [-0.05, 0) is 44.3 Å². The molecule has 33 heavy (non-hydrogen) atoms. The number of para-hydroxylation sites is 2. The number of hydrogen-bond acceptors (Lipinski definition) is 8. The van der Waals surface area contributed by atoms with Gasteiger partial charge in [-0.25, -0.2) is 9.97 Å². The van der Waals surface area contributed by atoms with E-state index in [1.807, 2.05) is 24.3 Å². The van der Waals surface area contributed by atoms with E-state index in [4.69, 9.17) is 14.6 Å². The second-order valence-electron chi connectivity index (χ2n) is 7.40. The summed E-state index contributed by atoms with van der Waals surface area (Å²) >= 11 is 1.26. The van der Waals surface area contributed by atoms with Gasteiger partial charge in [0.2, 0.25) is 5.95 Å². The van der Waals surface area contributed by atoms with Crippen LogP contribution in [0.2, 0.25) is 0 Å². The lowest BCUT2D eigenvalue weighted by Crippen LogP contribution is -2.17. The van der Waals surface area contributed by atoms with Gasteiger partial charge < -0.3 is 19.5 Å². The van der Waals surface area contributed by atoms with Crippen molar-refractivity contribution in [1.29, 1.82) is 0 Å². The van der Waals surface area contributed by atoms with Gasteiger partial charge in [0.15, 0.2) is 5.13 Å². The molecule has 0 bridgehead atoms. The van der Waals surface area contributed by atoms with E-state index in [-0.39, 0.29) is 17.9 Å². The first-order valence-corrected chi connectivity index (χ1v) is 10.7. The van der Waals surface area contributed by atoms with Gasteiger partial charge >= 0.3 is 12.5 Å². The molecule has 8 nitrogen and oxygen atoms in total. The number of alkyl halides is 3. The van der Waals surface area contributed by atoms with Crippen molar-refractivity contribution in [2.24, 2.45) is 0 Å². The zero-order valence-corrected chi connectivity index (χ0v) is 18.1. The van der Waals surface area contributed by atoms with Crippen LogP contribution >= 0.6 is 11.3 Å². The quantitative estimate of drug-likeness (QED) is 0.460. The molecule has 0 radical (unpaired) electrons. The van der Waals surface area contributed by atoms with Crippen LogP contribution in [0.5, 0.6) is 5.75 Å². The second kappa shape index (κ2) is 9.18. The summed E-state index contributed by atoms with van der Waals surface area (Å²) in [6.07, 6.45) is -3.46. The highest BCUT2D eigenvalue weighted by Crippen LogP contribution is 2.35. The number of fused-ring (bicyclic) bond motifs is 2. The maximum absolute atomic E-state index is 12.5.